The Morgan fingerprint density at radius 3 is 0.573 bits per heavy atom. The third kappa shape index (κ3) is 87.3. The number of nitrogens with two attached hydrogens (primary N) is 2. The Hall–Kier alpha value is -0.0400. The van der Waals surface area contributed by atoms with Crippen LogP contribution >= 0.6 is 145 Å². The summed E-state index contributed by atoms with van der Waals surface area (Å²) in [6.45, 7) is 25.2. The summed E-state index contributed by atoms with van der Waals surface area (Å²) in [5, 5.41) is 0. The minimum Gasteiger partial charge on any atom is -0.502 e. The summed E-state index contributed by atoms with van der Waals surface area (Å²) in [6.07, 6.45) is 8.33. The van der Waals surface area contributed by atoms with Crippen molar-refractivity contribution < 1.29 is 94.7 Å². The van der Waals surface area contributed by atoms with E-state index < -0.39 is 0 Å². The van der Waals surface area contributed by atoms with Gasteiger partial charge in [-0.15, -0.1) is 29.9 Å². The quantitative estimate of drug-likeness (QED) is 0.0184. The monoisotopic (exact) mass is 1790 g/mol. The molecule has 40 heteroatoms. The molecule has 0 amide bonds. The number of hydrogen-bond donors (Lipinski definition) is 7. The van der Waals surface area contributed by atoms with Gasteiger partial charge in [-0.1, -0.05) is 6.58 Å². The molecule has 0 aromatic carbocycles. The first-order valence-corrected chi connectivity index (χ1v) is 49.3. The van der Waals surface area contributed by atoms with Crippen LogP contribution in [0.4, 0.5) is 0 Å². The minimum atomic E-state index is 0.206. The highest BCUT2D eigenvalue weighted by atomic mass is 32.2. The smallest absolute Gasteiger partial charge is 0.325 e. The molecule has 0 aliphatic carbocycles. The molecule has 2 heterocycles. The zero-order valence-electron chi connectivity index (χ0n) is 65.2. The van der Waals surface area contributed by atoms with E-state index in [1.165, 1.54) is 6.26 Å². The third-order valence-corrected chi connectivity index (χ3v) is 20.6. The summed E-state index contributed by atoms with van der Waals surface area (Å²) < 4.78 is 111. The van der Waals surface area contributed by atoms with Gasteiger partial charge in [-0.2, -0.15) is 145 Å². The number of ether oxygens (including phenoxy) is 20. The van der Waals surface area contributed by atoms with Gasteiger partial charge in [-0.3, -0.25) is 0 Å². The van der Waals surface area contributed by atoms with E-state index in [0.29, 0.717) is 211 Å². The predicted octanol–water partition coefficient (Wildman–Crippen LogP) is 9.20. The first-order chi connectivity index (χ1) is 54.5. The molecular weight excluding hydrogens is 1660 g/mol. The lowest BCUT2D eigenvalue weighted by atomic mass is 10.5. The van der Waals surface area contributed by atoms with Crippen LogP contribution in [0.3, 0.4) is 0 Å². The van der Waals surface area contributed by atoms with Crippen molar-refractivity contribution in [1.29, 1.82) is 0 Å². The maximum absolute atomic E-state index is 5.88. The maximum Gasteiger partial charge on any atom is 0.325 e. The molecule has 0 bridgehead atoms. The summed E-state index contributed by atoms with van der Waals surface area (Å²) in [7, 11) is 0. The molecule has 28 nitrogen and oxygen atoms in total. The average Bonchev–Trinajstić information content (AvgIpc) is 0.877. The van der Waals surface area contributed by atoms with Crippen LogP contribution in [0, 0.1) is 0 Å². The Bertz CT molecular complexity index is 1990. The first-order valence-electron chi connectivity index (χ1n) is 38.0. The van der Waals surface area contributed by atoms with Crippen LogP contribution in [0.25, 0.3) is 0 Å². The van der Waals surface area contributed by atoms with Crippen molar-refractivity contribution in [2.75, 3.05) is 340 Å². The summed E-state index contributed by atoms with van der Waals surface area (Å²) in [6, 6.07) is 1.24. The normalized spacial score (nSPS) is 11.2. The van der Waals surface area contributed by atoms with E-state index in [0.717, 1.165) is 180 Å². The number of hydrogen-bond acceptors (Lipinski definition) is 40. The van der Waals surface area contributed by atoms with E-state index in [9.17, 15) is 0 Å². The molecule has 0 aliphatic heterocycles. The number of thiol groups is 5. The molecular formula is C70H136N8O20S12. The predicted molar refractivity (Wildman–Crippen MR) is 475 cm³/mol. The number of rotatable bonds is 89. The molecule has 2 rings (SSSR count). The molecule has 110 heavy (non-hydrogen) atoms. The Balaban J connectivity index is 0.00000200. The Labute approximate surface area is 716 Å². The fourth-order valence-corrected chi connectivity index (χ4v) is 13.3. The molecule has 0 fully saturated rings. The number of nitrogens with zero attached hydrogens (tertiary/aromatic N) is 6. The highest BCUT2D eigenvalue weighted by molar-refractivity contribution is 8.00. The molecule has 4 N–H and O–H groups in total. The Morgan fingerprint density at radius 1 is 0.218 bits per heavy atom. The van der Waals surface area contributed by atoms with Gasteiger partial charge in [0.1, 0.15) is 0 Å². The lowest BCUT2D eigenvalue weighted by Gasteiger charge is -2.10. The molecule has 0 atom stereocenters. The van der Waals surface area contributed by atoms with Gasteiger partial charge in [-0.05, 0) is 99.0 Å². The molecule has 0 saturated heterocycles. The van der Waals surface area contributed by atoms with Gasteiger partial charge in [0.15, 0.2) is 0 Å². The molecule has 0 aliphatic rings. The summed E-state index contributed by atoms with van der Waals surface area (Å²) in [5.41, 5.74) is 10.6. The van der Waals surface area contributed by atoms with E-state index in [2.05, 4.69) is 99.6 Å². The van der Waals surface area contributed by atoms with Crippen molar-refractivity contribution in [1.82, 2.24) is 29.9 Å². The van der Waals surface area contributed by atoms with Crippen LogP contribution < -0.4 is 39.9 Å². The van der Waals surface area contributed by atoms with Crippen molar-refractivity contribution in [3.63, 3.8) is 0 Å². The van der Waals surface area contributed by atoms with Crippen LogP contribution in [-0.4, -0.2) is 370 Å². The maximum atomic E-state index is 5.88. The molecule has 0 spiro atoms. The molecule has 0 radical (unpaired) electrons. The van der Waals surface area contributed by atoms with E-state index in [1.807, 2.05) is 82.3 Å². The van der Waals surface area contributed by atoms with Gasteiger partial charge in [0.25, 0.3) is 0 Å². The van der Waals surface area contributed by atoms with Crippen LogP contribution in [0.5, 0.6) is 36.1 Å². The van der Waals surface area contributed by atoms with Crippen LogP contribution in [-0.2, 0) is 66.3 Å². The van der Waals surface area contributed by atoms with Crippen molar-refractivity contribution >= 4 is 145 Å². The second-order valence-electron chi connectivity index (χ2n) is 21.8. The van der Waals surface area contributed by atoms with Crippen molar-refractivity contribution in [2.24, 2.45) is 11.5 Å². The van der Waals surface area contributed by atoms with Crippen LogP contribution in [0.2, 0.25) is 0 Å². The van der Waals surface area contributed by atoms with E-state index in [1.54, 1.807) is 0 Å². The van der Waals surface area contributed by atoms with Crippen LogP contribution in [0.1, 0.15) is 51.4 Å². The molecule has 648 valence electrons. The summed E-state index contributed by atoms with van der Waals surface area (Å²) in [5.74, 6) is 16.7. The first kappa shape index (κ1) is 110. The molecule has 2 aromatic rings. The SMILES string of the molecule is C=COCCCN.NCCCOCCSCCOCCOCCSCCCOc1nc(OCCCSCCOCCOCCS)nc(OCCCSCCOCCOCCS)n1.SCCOCCOCCSCCCOc1nc(OCCCSCCOCCOCCS)nc(OCCCSCCOCCOCCS)n1. The lowest BCUT2D eigenvalue weighted by molar-refractivity contribution is 0.0604. The zero-order chi connectivity index (χ0) is 79.3. The second-order valence-corrected chi connectivity index (χ2v) is 32.6. The van der Waals surface area contributed by atoms with Crippen molar-refractivity contribution in [2.45, 2.75) is 51.4 Å². The van der Waals surface area contributed by atoms with Gasteiger partial charge >= 0.3 is 36.1 Å². The van der Waals surface area contributed by atoms with Crippen molar-refractivity contribution in [3.8, 4) is 36.1 Å². The van der Waals surface area contributed by atoms with Gasteiger partial charge in [0.05, 0.1) is 218 Å². The number of thioether (sulfide) groups is 7. The fourth-order valence-electron chi connectivity index (χ4n) is 7.42. The average molecular weight is 1790 g/mol. The highest BCUT2D eigenvalue weighted by Gasteiger charge is 2.13. The zero-order valence-corrected chi connectivity index (χ0v) is 75.4. The van der Waals surface area contributed by atoms with Crippen molar-refractivity contribution in [3.05, 3.63) is 12.8 Å². The Kier molecular flexibility index (Phi) is 97.8. The van der Waals surface area contributed by atoms with E-state index in [4.69, 9.17) is 106 Å². The van der Waals surface area contributed by atoms with E-state index in [-0.39, 0.29) is 36.1 Å². The van der Waals surface area contributed by atoms with Gasteiger partial charge < -0.3 is 106 Å². The number of aromatic nitrogens is 6. The van der Waals surface area contributed by atoms with Crippen LogP contribution in [0.15, 0.2) is 12.8 Å². The lowest BCUT2D eigenvalue weighted by Crippen LogP contribution is -2.11. The molecule has 2 aromatic heterocycles. The van der Waals surface area contributed by atoms with E-state index >= 15 is 0 Å². The van der Waals surface area contributed by atoms with Gasteiger partial charge in [0.2, 0.25) is 0 Å². The fraction of sp³-hybridized carbons (Fsp3) is 0.886. The topological polar surface area (TPSA) is 314 Å². The highest BCUT2D eigenvalue weighted by Crippen LogP contribution is 2.19. The van der Waals surface area contributed by atoms with Gasteiger partial charge in [0, 0.05) is 81.4 Å². The Morgan fingerprint density at radius 2 is 0.391 bits per heavy atom. The molecule has 0 unspecified atom stereocenters. The standard InChI is InChI=1S/C35H68N4O10S6.C30H57N3O9S6.C5H11NO/c36-5-1-6-40-18-31-55-32-22-46-15-14-45-21-30-54-27-4-9-49-35-38-33(47-7-2-25-52-28-19-43-12-10-41-16-23-50)37-34(39-35)48-8-3-26-53-29-20-44-13-11-42-17-24-51;43-19-13-34-7-10-37-16-25-46-22-1-4-40-28-31-29(41-5-2-23-47-26-17-38-11-8-35-14-20-44)33-30(32-28)42-6-3-24-48-27-18-39-12-9-36-15-21-45;1-2-7-5-3-4-6/h50-51H,1-32,36H2;43-45H,1-27H2;2H,1,3-6H2. The second kappa shape index (κ2) is 97.8. The largest absolute Gasteiger partial charge is 0.502 e. The third-order valence-electron chi connectivity index (χ3n) is 12.6. The van der Waals surface area contributed by atoms with Gasteiger partial charge in [-0.25, -0.2) is 0 Å². The molecule has 0 saturated carbocycles. The minimum absolute atomic E-state index is 0.206. The summed E-state index contributed by atoms with van der Waals surface area (Å²) >= 11 is 33.3. The summed E-state index contributed by atoms with van der Waals surface area (Å²) in [4.78, 5) is 26.2.